The molecule has 2 N–H and O–H groups in total. The van der Waals surface area contributed by atoms with Gasteiger partial charge in [-0.2, -0.15) is 8.78 Å². The van der Waals surface area contributed by atoms with E-state index >= 15 is 0 Å². The van der Waals surface area contributed by atoms with Gasteiger partial charge in [0.2, 0.25) is 0 Å². The molecule has 1 atom stereocenters. The molecule has 2 rings (SSSR count). The SMILES string of the molecule is NC(c1csc2ccccc12)C(F)(F)C(F)F. The van der Waals surface area contributed by atoms with Gasteiger partial charge in [-0.15, -0.1) is 11.3 Å². The Hall–Kier alpha value is -1.14. The minimum absolute atomic E-state index is 0.0656. The summed E-state index contributed by atoms with van der Waals surface area (Å²) in [6.45, 7) is 0. The first-order valence-corrected chi connectivity index (χ1v) is 5.70. The van der Waals surface area contributed by atoms with Gasteiger partial charge in [-0.25, -0.2) is 8.78 Å². The van der Waals surface area contributed by atoms with Gasteiger partial charge in [0, 0.05) is 4.70 Å². The number of benzene rings is 1. The summed E-state index contributed by atoms with van der Waals surface area (Å²) in [7, 11) is 0. The van der Waals surface area contributed by atoms with Crippen molar-refractivity contribution in [1.29, 1.82) is 0 Å². The number of thiophene rings is 1. The van der Waals surface area contributed by atoms with Crippen molar-refractivity contribution in [3.8, 4) is 0 Å². The molecule has 0 spiro atoms. The summed E-state index contributed by atoms with van der Waals surface area (Å²) in [4.78, 5) is 0. The van der Waals surface area contributed by atoms with E-state index in [1.54, 1.807) is 24.3 Å². The molecule has 0 amide bonds. The van der Waals surface area contributed by atoms with Gasteiger partial charge >= 0.3 is 12.3 Å². The van der Waals surface area contributed by atoms with Gasteiger partial charge in [-0.05, 0) is 22.4 Å². The summed E-state index contributed by atoms with van der Waals surface area (Å²) in [5.41, 5.74) is 5.33. The molecule has 0 fully saturated rings. The van der Waals surface area contributed by atoms with Crippen molar-refractivity contribution < 1.29 is 17.6 Å². The molecule has 6 heteroatoms. The largest absolute Gasteiger partial charge is 0.326 e. The predicted molar refractivity (Wildman–Crippen MR) is 59.7 cm³/mol. The molecule has 0 radical (unpaired) electrons. The van der Waals surface area contributed by atoms with Crippen molar-refractivity contribution in [3.63, 3.8) is 0 Å². The van der Waals surface area contributed by atoms with Gasteiger partial charge < -0.3 is 5.73 Å². The van der Waals surface area contributed by atoms with Crippen LogP contribution in [0, 0.1) is 0 Å². The number of hydrogen-bond acceptors (Lipinski definition) is 2. The Morgan fingerprint density at radius 2 is 1.82 bits per heavy atom. The number of nitrogens with two attached hydrogens (primary N) is 1. The van der Waals surface area contributed by atoms with Crippen molar-refractivity contribution >= 4 is 21.4 Å². The molecule has 1 unspecified atom stereocenters. The van der Waals surface area contributed by atoms with Crippen molar-refractivity contribution in [3.05, 3.63) is 35.2 Å². The average Bonchev–Trinajstić information content (AvgIpc) is 2.71. The van der Waals surface area contributed by atoms with Crippen LogP contribution in [0.25, 0.3) is 10.1 Å². The first-order chi connectivity index (χ1) is 7.94. The normalized spacial score (nSPS) is 14.5. The predicted octanol–water partition coefficient (Wildman–Crippen LogP) is 3.80. The van der Waals surface area contributed by atoms with E-state index in [-0.39, 0.29) is 5.56 Å². The van der Waals surface area contributed by atoms with E-state index in [0.717, 1.165) is 4.70 Å². The smallest absolute Gasteiger partial charge is 0.319 e. The Morgan fingerprint density at radius 1 is 1.18 bits per heavy atom. The Kier molecular flexibility index (Phi) is 3.09. The van der Waals surface area contributed by atoms with Crippen molar-refractivity contribution in [2.24, 2.45) is 5.73 Å². The van der Waals surface area contributed by atoms with Gasteiger partial charge in [-0.1, -0.05) is 18.2 Å². The second-order valence-corrected chi connectivity index (χ2v) is 4.55. The van der Waals surface area contributed by atoms with Gasteiger partial charge in [0.15, 0.2) is 0 Å². The van der Waals surface area contributed by atoms with E-state index in [1.807, 2.05) is 0 Å². The summed E-state index contributed by atoms with van der Waals surface area (Å²) < 4.78 is 51.5. The van der Waals surface area contributed by atoms with Crippen LogP contribution in [0.5, 0.6) is 0 Å². The maximum absolute atomic E-state index is 13.2. The van der Waals surface area contributed by atoms with E-state index in [9.17, 15) is 17.6 Å². The molecule has 1 heterocycles. The van der Waals surface area contributed by atoms with Gasteiger partial charge in [0.25, 0.3) is 0 Å². The lowest BCUT2D eigenvalue weighted by Crippen LogP contribution is -2.39. The highest BCUT2D eigenvalue weighted by molar-refractivity contribution is 7.17. The molecule has 92 valence electrons. The standard InChI is InChI=1S/C11H9F4NS/c12-10(13)11(14,15)9(16)7-5-17-8-4-2-1-3-6(7)8/h1-5,9-10H,16H2. The third-order valence-corrected chi connectivity index (χ3v) is 3.53. The Bertz CT molecular complexity index is 523. The van der Waals surface area contributed by atoms with E-state index in [4.69, 9.17) is 5.73 Å². The van der Waals surface area contributed by atoms with E-state index < -0.39 is 18.4 Å². The summed E-state index contributed by atoms with van der Waals surface area (Å²) in [5.74, 6) is -4.22. The first kappa shape index (κ1) is 12.3. The second kappa shape index (κ2) is 4.27. The van der Waals surface area contributed by atoms with Crippen LogP contribution in [0.3, 0.4) is 0 Å². The third-order valence-electron chi connectivity index (χ3n) is 2.55. The van der Waals surface area contributed by atoms with Crippen molar-refractivity contribution in [1.82, 2.24) is 0 Å². The lowest BCUT2D eigenvalue weighted by Gasteiger charge is -2.22. The highest BCUT2D eigenvalue weighted by atomic mass is 32.1. The zero-order chi connectivity index (χ0) is 12.6. The summed E-state index contributed by atoms with van der Waals surface area (Å²) in [5, 5.41) is 1.91. The molecule has 0 saturated heterocycles. The molecular formula is C11H9F4NS. The molecular weight excluding hydrogens is 254 g/mol. The minimum atomic E-state index is -4.22. The Morgan fingerprint density at radius 3 is 2.47 bits per heavy atom. The molecule has 0 aliphatic rings. The summed E-state index contributed by atoms with van der Waals surface area (Å²) >= 11 is 1.21. The quantitative estimate of drug-likeness (QED) is 0.837. The molecule has 1 aromatic heterocycles. The van der Waals surface area contributed by atoms with Gasteiger partial charge in [0.05, 0.1) is 0 Å². The van der Waals surface area contributed by atoms with E-state index in [1.165, 1.54) is 16.7 Å². The fraction of sp³-hybridized carbons (Fsp3) is 0.273. The van der Waals surface area contributed by atoms with Gasteiger partial charge in [0.1, 0.15) is 6.04 Å². The number of halogens is 4. The summed E-state index contributed by atoms with van der Waals surface area (Å²) in [6, 6.07) is 4.75. The van der Waals surface area contributed by atoms with Crippen molar-refractivity contribution in [2.75, 3.05) is 0 Å². The molecule has 1 nitrogen and oxygen atoms in total. The fourth-order valence-corrected chi connectivity index (χ4v) is 2.58. The maximum Gasteiger partial charge on any atom is 0.326 e. The van der Waals surface area contributed by atoms with Crippen LogP contribution in [0.2, 0.25) is 0 Å². The molecule has 2 aromatic rings. The van der Waals surface area contributed by atoms with Gasteiger partial charge in [-0.3, -0.25) is 0 Å². The number of hydrogen-bond donors (Lipinski definition) is 1. The zero-order valence-electron chi connectivity index (χ0n) is 8.54. The average molecular weight is 263 g/mol. The van der Waals surface area contributed by atoms with Crippen LogP contribution in [-0.2, 0) is 0 Å². The minimum Gasteiger partial charge on any atom is -0.319 e. The highest BCUT2D eigenvalue weighted by Gasteiger charge is 2.48. The summed E-state index contributed by atoms with van der Waals surface area (Å²) in [6.07, 6.45) is -3.77. The van der Waals surface area contributed by atoms with E-state index in [0.29, 0.717) is 5.39 Å². The van der Waals surface area contributed by atoms with Crippen LogP contribution in [-0.4, -0.2) is 12.3 Å². The molecule has 0 aliphatic heterocycles. The molecule has 17 heavy (non-hydrogen) atoms. The monoisotopic (exact) mass is 263 g/mol. The van der Waals surface area contributed by atoms with Crippen molar-refractivity contribution in [2.45, 2.75) is 18.4 Å². The second-order valence-electron chi connectivity index (χ2n) is 3.64. The number of alkyl halides is 4. The lowest BCUT2D eigenvalue weighted by atomic mass is 10.0. The lowest BCUT2D eigenvalue weighted by molar-refractivity contribution is -0.144. The van der Waals surface area contributed by atoms with Crippen LogP contribution in [0.4, 0.5) is 17.6 Å². The first-order valence-electron chi connectivity index (χ1n) is 4.82. The molecule has 0 aliphatic carbocycles. The van der Waals surface area contributed by atoms with Crippen LogP contribution >= 0.6 is 11.3 Å². The Balaban J connectivity index is 2.47. The van der Waals surface area contributed by atoms with E-state index in [2.05, 4.69) is 0 Å². The fourth-order valence-electron chi connectivity index (χ4n) is 1.58. The topological polar surface area (TPSA) is 26.0 Å². The molecule has 1 aromatic carbocycles. The third kappa shape index (κ3) is 2.02. The molecule has 0 bridgehead atoms. The maximum atomic E-state index is 13.2. The number of fused-ring (bicyclic) bond motifs is 1. The zero-order valence-corrected chi connectivity index (χ0v) is 9.36. The number of rotatable bonds is 3. The van der Waals surface area contributed by atoms with Crippen LogP contribution < -0.4 is 5.73 Å². The molecule has 0 saturated carbocycles. The Labute approximate surface area is 98.9 Å². The highest BCUT2D eigenvalue weighted by Crippen LogP contribution is 2.39. The van der Waals surface area contributed by atoms with Crippen LogP contribution in [0.15, 0.2) is 29.6 Å². The van der Waals surface area contributed by atoms with Crippen LogP contribution in [0.1, 0.15) is 11.6 Å².